The first-order valence-corrected chi connectivity index (χ1v) is 7.59. The van der Waals surface area contributed by atoms with Crippen molar-refractivity contribution in [1.82, 2.24) is 0 Å². The molecule has 0 aromatic heterocycles. The monoisotopic (exact) mass is 264 g/mol. The minimum atomic E-state index is 0.0846. The number of thioether (sulfide) groups is 1. The van der Waals surface area contributed by atoms with E-state index in [1.54, 1.807) is 11.8 Å². The number of nitrogens with one attached hydrogen (secondary N) is 1. The van der Waals surface area contributed by atoms with Crippen molar-refractivity contribution < 1.29 is 4.74 Å². The summed E-state index contributed by atoms with van der Waals surface area (Å²) in [6, 6.07) is 5.84. The van der Waals surface area contributed by atoms with Crippen LogP contribution in [0.15, 0.2) is 23.1 Å². The van der Waals surface area contributed by atoms with E-state index >= 15 is 0 Å². The summed E-state index contributed by atoms with van der Waals surface area (Å²) in [6.45, 7) is 0.748. The molecule has 4 heteroatoms. The van der Waals surface area contributed by atoms with Gasteiger partial charge in [0.25, 0.3) is 0 Å². The number of rotatable bonds is 5. The lowest BCUT2D eigenvalue weighted by Gasteiger charge is -2.16. The molecule has 1 aromatic rings. The summed E-state index contributed by atoms with van der Waals surface area (Å²) < 4.78 is 5.89. The average Bonchev–Trinajstić information content (AvgIpc) is 2.88. The standard InChI is InChI=1S/C14H20N2OS/c1-18-12-8-4-7-11(13(12)14(15)16)17-9-10-5-2-3-6-10/h4,7-8,10H,2-3,5-6,9H2,1H3,(H3,15,16). The highest BCUT2D eigenvalue weighted by atomic mass is 32.2. The fourth-order valence-electron chi connectivity index (χ4n) is 2.45. The van der Waals surface area contributed by atoms with Crippen molar-refractivity contribution in [3.8, 4) is 5.75 Å². The Morgan fingerprint density at radius 3 is 2.78 bits per heavy atom. The number of ether oxygens (including phenoxy) is 1. The van der Waals surface area contributed by atoms with Crippen molar-refractivity contribution in [2.45, 2.75) is 30.6 Å². The maximum Gasteiger partial charge on any atom is 0.131 e. The van der Waals surface area contributed by atoms with Gasteiger partial charge in [0.05, 0.1) is 12.2 Å². The van der Waals surface area contributed by atoms with Crippen molar-refractivity contribution in [3.05, 3.63) is 23.8 Å². The Balaban J connectivity index is 2.13. The third kappa shape index (κ3) is 2.99. The zero-order valence-corrected chi connectivity index (χ0v) is 11.6. The largest absolute Gasteiger partial charge is 0.492 e. The molecule has 1 saturated carbocycles. The molecule has 98 valence electrons. The van der Waals surface area contributed by atoms with E-state index in [1.807, 2.05) is 24.5 Å². The van der Waals surface area contributed by atoms with Crippen LogP contribution in [0.1, 0.15) is 31.2 Å². The number of amidine groups is 1. The van der Waals surface area contributed by atoms with Crippen molar-refractivity contribution in [2.75, 3.05) is 12.9 Å². The Labute approximate surface area is 113 Å². The van der Waals surface area contributed by atoms with Crippen molar-refractivity contribution in [3.63, 3.8) is 0 Å². The van der Waals surface area contributed by atoms with Crippen LogP contribution in [0.3, 0.4) is 0 Å². The van der Waals surface area contributed by atoms with Gasteiger partial charge in [0.1, 0.15) is 11.6 Å². The number of hydrogen-bond acceptors (Lipinski definition) is 3. The van der Waals surface area contributed by atoms with Gasteiger partial charge in [-0.15, -0.1) is 11.8 Å². The summed E-state index contributed by atoms with van der Waals surface area (Å²) in [6.07, 6.45) is 7.15. The van der Waals surface area contributed by atoms with Gasteiger partial charge in [-0.25, -0.2) is 0 Å². The van der Waals surface area contributed by atoms with E-state index in [-0.39, 0.29) is 5.84 Å². The van der Waals surface area contributed by atoms with Crippen molar-refractivity contribution >= 4 is 17.6 Å². The van der Waals surface area contributed by atoms with Crippen molar-refractivity contribution in [2.24, 2.45) is 11.7 Å². The lowest BCUT2D eigenvalue weighted by Crippen LogP contribution is -2.16. The van der Waals surface area contributed by atoms with Crippen LogP contribution in [0.2, 0.25) is 0 Å². The van der Waals surface area contributed by atoms with E-state index in [2.05, 4.69) is 0 Å². The quantitative estimate of drug-likeness (QED) is 0.487. The van der Waals surface area contributed by atoms with Crippen LogP contribution in [0.5, 0.6) is 5.75 Å². The molecule has 0 heterocycles. The predicted molar refractivity (Wildman–Crippen MR) is 76.7 cm³/mol. The summed E-state index contributed by atoms with van der Waals surface area (Å²) >= 11 is 1.60. The fourth-order valence-corrected chi connectivity index (χ4v) is 3.08. The van der Waals surface area contributed by atoms with Crippen LogP contribution in [-0.2, 0) is 0 Å². The normalized spacial score (nSPS) is 15.8. The first-order valence-electron chi connectivity index (χ1n) is 6.36. The smallest absolute Gasteiger partial charge is 0.131 e. The molecular formula is C14H20N2OS. The van der Waals surface area contributed by atoms with Crippen LogP contribution in [0, 0.1) is 11.3 Å². The predicted octanol–water partition coefficient (Wildman–Crippen LogP) is 3.26. The van der Waals surface area contributed by atoms with Gasteiger partial charge in [-0.05, 0) is 37.1 Å². The van der Waals surface area contributed by atoms with Gasteiger partial charge in [-0.1, -0.05) is 18.9 Å². The van der Waals surface area contributed by atoms with Gasteiger partial charge < -0.3 is 10.5 Å². The molecule has 3 N–H and O–H groups in total. The minimum Gasteiger partial charge on any atom is -0.492 e. The number of hydrogen-bond donors (Lipinski definition) is 2. The maximum absolute atomic E-state index is 7.69. The Morgan fingerprint density at radius 1 is 1.44 bits per heavy atom. The highest BCUT2D eigenvalue weighted by molar-refractivity contribution is 7.98. The molecule has 0 aliphatic heterocycles. The molecule has 1 fully saturated rings. The Kier molecular flexibility index (Phi) is 4.53. The van der Waals surface area contributed by atoms with Crippen LogP contribution in [0.25, 0.3) is 0 Å². The molecular weight excluding hydrogens is 244 g/mol. The number of benzene rings is 1. The van der Waals surface area contributed by atoms with Gasteiger partial charge in [-0.2, -0.15) is 0 Å². The third-order valence-electron chi connectivity index (χ3n) is 3.43. The molecule has 0 radical (unpaired) electrons. The number of nitrogens with two attached hydrogens (primary N) is 1. The Morgan fingerprint density at radius 2 is 2.17 bits per heavy atom. The highest BCUT2D eigenvalue weighted by Gasteiger charge is 2.17. The number of nitrogen functional groups attached to an aromatic ring is 1. The first kappa shape index (κ1) is 13.3. The second-order valence-electron chi connectivity index (χ2n) is 4.71. The molecule has 0 bridgehead atoms. The van der Waals surface area contributed by atoms with Gasteiger partial charge >= 0.3 is 0 Å². The zero-order chi connectivity index (χ0) is 13.0. The Bertz CT molecular complexity index is 428. The molecule has 0 unspecified atom stereocenters. The molecule has 0 atom stereocenters. The van der Waals surface area contributed by atoms with Gasteiger partial charge in [0, 0.05) is 4.90 Å². The average molecular weight is 264 g/mol. The van der Waals surface area contributed by atoms with Crippen LogP contribution >= 0.6 is 11.8 Å². The molecule has 18 heavy (non-hydrogen) atoms. The molecule has 1 aliphatic carbocycles. The van der Waals surface area contributed by atoms with E-state index < -0.39 is 0 Å². The topological polar surface area (TPSA) is 59.1 Å². The molecule has 2 rings (SSSR count). The zero-order valence-electron chi connectivity index (χ0n) is 10.7. The van der Waals surface area contributed by atoms with Gasteiger partial charge in [0.2, 0.25) is 0 Å². The first-order chi connectivity index (χ1) is 8.72. The molecule has 3 nitrogen and oxygen atoms in total. The van der Waals surface area contributed by atoms with Crippen LogP contribution in [0.4, 0.5) is 0 Å². The molecule has 0 saturated heterocycles. The lowest BCUT2D eigenvalue weighted by atomic mass is 10.1. The van der Waals surface area contributed by atoms with E-state index in [1.165, 1.54) is 25.7 Å². The molecule has 1 aliphatic rings. The third-order valence-corrected chi connectivity index (χ3v) is 4.21. The molecule has 0 amide bonds. The minimum absolute atomic E-state index is 0.0846. The van der Waals surface area contributed by atoms with Crippen LogP contribution in [-0.4, -0.2) is 18.7 Å². The Hall–Kier alpha value is -1.16. The van der Waals surface area contributed by atoms with E-state index in [0.29, 0.717) is 5.92 Å². The summed E-state index contributed by atoms with van der Waals surface area (Å²) in [5.41, 5.74) is 6.40. The molecule has 1 aromatic carbocycles. The fraction of sp³-hybridized carbons (Fsp3) is 0.500. The maximum atomic E-state index is 7.69. The summed E-state index contributed by atoms with van der Waals surface area (Å²) in [5.74, 6) is 1.50. The lowest BCUT2D eigenvalue weighted by molar-refractivity contribution is 0.251. The highest BCUT2D eigenvalue weighted by Crippen LogP contribution is 2.30. The van der Waals surface area contributed by atoms with E-state index in [0.717, 1.165) is 22.8 Å². The molecule has 0 spiro atoms. The second kappa shape index (κ2) is 6.14. The van der Waals surface area contributed by atoms with Gasteiger partial charge in [0.15, 0.2) is 0 Å². The van der Waals surface area contributed by atoms with E-state index in [9.17, 15) is 0 Å². The second-order valence-corrected chi connectivity index (χ2v) is 5.56. The van der Waals surface area contributed by atoms with Gasteiger partial charge in [-0.3, -0.25) is 5.41 Å². The van der Waals surface area contributed by atoms with Crippen molar-refractivity contribution in [1.29, 1.82) is 5.41 Å². The summed E-state index contributed by atoms with van der Waals surface area (Å²) in [7, 11) is 0. The summed E-state index contributed by atoms with van der Waals surface area (Å²) in [4.78, 5) is 1.01. The van der Waals surface area contributed by atoms with E-state index in [4.69, 9.17) is 15.9 Å². The summed E-state index contributed by atoms with van der Waals surface area (Å²) in [5, 5.41) is 7.69. The van der Waals surface area contributed by atoms with Crippen LogP contribution < -0.4 is 10.5 Å². The SMILES string of the molecule is CSc1cccc(OCC2CCCC2)c1C(=N)N.